The fraction of sp³-hybridized carbons (Fsp3) is 0.867. The highest BCUT2D eigenvalue weighted by atomic mass is 16.6. The van der Waals surface area contributed by atoms with Gasteiger partial charge in [-0.3, -0.25) is 4.90 Å². The Balaban J connectivity index is 2.07. The fourth-order valence-electron chi connectivity index (χ4n) is 3.40. The second-order valence-electron chi connectivity index (χ2n) is 6.55. The molecule has 0 aromatic rings. The van der Waals surface area contributed by atoms with Crippen molar-refractivity contribution in [3.05, 3.63) is 0 Å². The summed E-state index contributed by atoms with van der Waals surface area (Å²) in [6.07, 6.45) is 4.89. The number of amides is 1. The Morgan fingerprint density at radius 2 is 1.95 bits per heavy atom. The quantitative estimate of drug-likeness (QED) is 0.747. The van der Waals surface area contributed by atoms with Crippen LogP contribution >= 0.6 is 0 Å². The second-order valence-corrected chi connectivity index (χ2v) is 6.55. The SMILES string of the molecule is COC(=O)C1CC2(CCCC2)CN1C(=O)OCC(C)C. The van der Waals surface area contributed by atoms with Gasteiger partial charge in [-0.15, -0.1) is 0 Å². The van der Waals surface area contributed by atoms with Gasteiger partial charge < -0.3 is 9.47 Å². The van der Waals surface area contributed by atoms with Crippen molar-refractivity contribution < 1.29 is 19.1 Å². The summed E-state index contributed by atoms with van der Waals surface area (Å²) in [4.78, 5) is 25.7. The Morgan fingerprint density at radius 3 is 2.50 bits per heavy atom. The van der Waals surface area contributed by atoms with Gasteiger partial charge in [0.05, 0.1) is 13.7 Å². The van der Waals surface area contributed by atoms with E-state index in [0.29, 0.717) is 19.1 Å². The molecule has 5 heteroatoms. The van der Waals surface area contributed by atoms with Crippen molar-refractivity contribution in [3.8, 4) is 0 Å². The van der Waals surface area contributed by atoms with E-state index in [-0.39, 0.29) is 17.5 Å². The van der Waals surface area contributed by atoms with Gasteiger partial charge in [-0.1, -0.05) is 26.7 Å². The lowest BCUT2D eigenvalue weighted by atomic mass is 9.84. The normalized spacial score (nSPS) is 24.4. The minimum Gasteiger partial charge on any atom is -0.467 e. The van der Waals surface area contributed by atoms with Gasteiger partial charge in [0.25, 0.3) is 0 Å². The zero-order chi connectivity index (χ0) is 14.8. The molecule has 2 fully saturated rings. The Kier molecular flexibility index (Phi) is 4.55. The standard InChI is InChI=1S/C15H25NO4/c1-11(2)9-20-14(18)16-10-15(6-4-5-7-15)8-12(16)13(17)19-3/h11-12H,4-10H2,1-3H3. The van der Waals surface area contributed by atoms with Crippen LogP contribution in [0.5, 0.6) is 0 Å². The highest BCUT2D eigenvalue weighted by Crippen LogP contribution is 2.48. The summed E-state index contributed by atoms with van der Waals surface area (Å²) in [5.41, 5.74) is 0.107. The first kappa shape index (κ1) is 15.1. The Labute approximate surface area is 120 Å². The lowest BCUT2D eigenvalue weighted by Gasteiger charge is -2.24. The van der Waals surface area contributed by atoms with E-state index in [1.54, 1.807) is 4.90 Å². The molecule has 2 rings (SSSR count). The van der Waals surface area contributed by atoms with Crippen LogP contribution in [0.25, 0.3) is 0 Å². The van der Waals surface area contributed by atoms with Crippen molar-refractivity contribution in [2.24, 2.45) is 11.3 Å². The third kappa shape index (κ3) is 3.07. The van der Waals surface area contributed by atoms with E-state index in [4.69, 9.17) is 9.47 Å². The molecule has 114 valence electrons. The number of rotatable bonds is 3. The highest BCUT2D eigenvalue weighted by molar-refractivity contribution is 5.82. The summed E-state index contributed by atoms with van der Waals surface area (Å²) in [6.45, 7) is 5.00. The molecule has 1 saturated heterocycles. The molecule has 0 aromatic carbocycles. The van der Waals surface area contributed by atoms with Crippen molar-refractivity contribution in [1.82, 2.24) is 4.90 Å². The van der Waals surface area contributed by atoms with Gasteiger partial charge in [0.2, 0.25) is 0 Å². The Bertz CT molecular complexity index is 374. The van der Waals surface area contributed by atoms with Gasteiger partial charge in [-0.2, -0.15) is 0 Å². The monoisotopic (exact) mass is 283 g/mol. The average Bonchev–Trinajstić information content (AvgIpc) is 3.03. The van der Waals surface area contributed by atoms with E-state index in [2.05, 4.69) is 0 Å². The van der Waals surface area contributed by atoms with Crippen molar-refractivity contribution in [1.29, 1.82) is 0 Å². The molecule has 2 aliphatic rings. The third-order valence-corrected chi connectivity index (χ3v) is 4.42. The predicted octanol–water partition coefficient (Wildman–Crippen LogP) is 2.59. The van der Waals surface area contributed by atoms with Gasteiger partial charge in [0.1, 0.15) is 6.04 Å². The van der Waals surface area contributed by atoms with Crippen molar-refractivity contribution in [2.45, 2.75) is 52.0 Å². The summed E-state index contributed by atoms with van der Waals surface area (Å²) in [7, 11) is 1.37. The van der Waals surface area contributed by atoms with E-state index in [9.17, 15) is 9.59 Å². The molecule has 1 unspecified atom stereocenters. The summed E-state index contributed by atoms with van der Waals surface area (Å²) in [6, 6.07) is -0.474. The van der Waals surface area contributed by atoms with Gasteiger partial charge in [0.15, 0.2) is 0 Å². The lowest BCUT2D eigenvalue weighted by Crippen LogP contribution is -2.42. The molecule has 1 heterocycles. The average molecular weight is 283 g/mol. The number of hydrogen-bond acceptors (Lipinski definition) is 4. The summed E-state index contributed by atoms with van der Waals surface area (Å²) in [5, 5.41) is 0. The molecular formula is C15H25NO4. The van der Waals surface area contributed by atoms with Crippen LogP contribution in [0.3, 0.4) is 0 Å². The predicted molar refractivity (Wildman–Crippen MR) is 74.2 cm³/mol. The molecule has 1 amide bonds. The molecule has 0 aromatic heterocycles. The minimum absolute atomic E-state index is 0.107. The van der Waals surface area contributed by atoms with Crippen LogP contribution in [-0.2, 0) is 14.3 Å². The third-order valence-electron chi connectivity index (χ3n) is 4.42. The number of ether oxygens (including phenoxy) is 2. The Morgan fingerprint density at radius 1 is 1.30 bits per heavy atom. The number of carbonyl (C=O) groups excluding carboxylic acids is 2. The van der Waals surface area contributed by atoms with Crippen molar-refractivity contribution >= 4 is 12.1 Å². The van der Waals surface area contributed by atoms with E-state index < -0.39 is 6.04 Å². The van der Waals surface area contributed by atoms with Crippen LogP contribution in [0.2, 0.25) is 0 Å². The van der Waals surface area contributed by atoms with E-state index in [1.807, 2.05) is 13.8 Å². The second kappa shape index (κ2) is 6.02. The number of carbonyl (C=O) groups is 2. The number of esters is 1. The number of hydrogen-bond donors (Lipinski definition) is 0. The van der Waals surface area contributed by atoms with Crippen LogP contribution < -0.4 is 0 Å². The minimum atomic E-state index is -0.474. The molecular weight excluding hydrogens is 258 g/mol. The van der Waals surface area contributed by atoms with Crippen LogP contribution in [0.15, 0.2) is 0 Å². The molecule has 0 bridgehead atoms. The number of likely N-dealkylation sites (tertiary alicyclic amines) is 1. The smallest absolute Gasteiger partial charge is 0.410 e. The van der Waals surface area contributed by atoms with Gasteiger partial charge in [-0.25, -0.2) is 9.59 Å². The molecule has 1 aliphatic carbocycles. The molecule has 20 heavy (non-hydrogen) atoms. The van der Waals surface area contributed by atoms with E-state index >= 15 is 0 Å². The molecule has 5 nitrogen and oxygen atoms in total. The first-order valence-corrected chi connectivity index (χ1v) is 7.49. The van der Waals surface area contributed by atoms with Crippen molar-refractivity contribution in [3.63, 3.8) is 0 Å². The molecule has 1 spiro atoms. The summed E-state index contributed by atoms with van der Waals surface area (Å²) >= 11 is 0. The largest absolute Gasteiger partial charge is 0.467 e. The summed E-state index contributed by atoms with van der Waals surface area (Å²) in [5.74, 6) is -0.0335. The highest BCUT2D eigenvalue weighted by Gasteiger charge is 2.50. The molecule has 0 radical (unpaired) electrons. The first-order chi connectivity index (χ1) is 9.47. The topological polar surface area (TPSA) is 55.8 Å². The lowest BCUT2D eigenvalue weighted by molar-refractivity contribution is -0.145. The van der Waals surface area contributed by atoms with Crippen molar-refractivity contribution in [2.75, 3.05) is 20.3 Å². The maximum Gasteiger partial charge on any atom is 0.410 e. The Hall–Kier alpha value is -1.26. The van der Waals surface area contributed by atoms with Gasteiger partial charge >= 0.3 is 12.1 Å². The van der Waals surface area contributed by atoms with Gasteiger partial charge in [0, 0.05) is 6.54 Å². The number of methoxy groups -OCH3 is 1. The maximum absolute atomic E-state index is 12.2. The maximum atomic E-state index is 12.2. The molecule has 0 N–H and O–H groups in total. The molecule has 1 atom stereocenters. The van der Waals surface area contributed by atoms with Crippen LogP contribution in [0.1, 0.15) is 46.0 Å². The fourth-order valence-corrected chi connectivity index (χ4v) is 3.40. The summed E-state index contributed by atoms with van der Waals surface area (Å²) < 4.78 is 10.1. The van der Waals surface area contributed by atoms with E-state index in [1.165, 1.54) is 20.0 Å². The van der Waals surface area contributed by atoms with Crippen LogP contribution in [-0.4, -0.2) is 43.3 Å². The van der Waals surface area contributed by atoms with Crippen LogP contribution in [0, 0.1) is 11.3 Å². The van der Waals surface area contributed by atoms with Crippen LogP contribution in [0.4, 0.5) is 4.79 Å². The molecule has 1 saturated carbocycles. The molecule has 1 aliphatic heterocycles. The van der Waals surface area contributed by atoms with Gasteiger partial charge in [-0.05, 0) is 30.6 Å². The number of nitrogens with zero attached hydrogens (tertiary/aromatic N) is 1. The van der Waals surface area contributed by atoms with E-state index in [0.717, 1.165) is 19.3 Å². The zero-order valence-corrected chi connectivity index (χ0v) is 12.7. The zero-order valence-electron chi connectivity index (χ0n) is 12.7. The first-order valence-electron chi connectivity index (χ1n) is 7.49.